The maximum Gasteiger partial charge on any atom is 0.306 e. The van der Waals surface area contributed by atoms with Gasteiger partial charge in [-0.2, -0.15) is 0 Å². The number of aliphatic hydroxyl groups is 1. The third-order valence-corrected chi connectivity index (χ3v) is 9.55. The summed E-state index contributed by atoms with van der Waals surface area (Å²) in [4.78, 5) is 12.2. The van der Waals surface area contributed by atoms with Gasteiger partial charge in [-0.15, -0.1) is 0 Å². The van der Waals surface area contributed by atoms with Gasteiger partial charge in [0, 0.05) is 13.0 Å². The SMILES string of the molecule is CC/C=C\C/C=C\C/C=C\C/C=C\C/C=C\C/C=C\CCCOCC(CO)OC(=O)CCCCCCCCCCCCCCCCCCCCCCC. The smallest absolute Gasteiger partial charge is 0.306 e. The molecule has 53 heavy (non-hydrogen) atoms. The van der Waals surface area contributed by atoms with Crippen molar-refractivity contribution in [3.05, 3.63) is 72.9 Å². The molecular weight excluding hydrogens is 653 g/mol. The van der Waals surface area contributed by atoms with Crippen LogP contribution in [-0.4, -0.2) is 37.0 Å². The number of allylic oxidation sites excluding steroid dienone is 12. The molecule has 0 aromatic rings. The van der Waals surface area contributed by atoms with Gasteiger partial charge in [0.1, 0.15) is 6.10 Å². The molecule has 306 valence electrons. The first kappa shape index (κ1) is 50.8. The summed E-state index contributed by atoms with van der Waals surface area (Å²) in [5, 5.41) is 9.61. The Morgan fingerprint density at radius 2 is 0.830 bits per heavy atom. The van der Waals surface area contributed by atoms with Gasteiger partial charge in [-0.25, -0.2) is 0 Å². The quantitative estimate of drug-likeness (QED) is 0.0385. The highest BCUT2D eigenvalue weighted by molar-refractivity contribution is 5.69. The molecule has 1 N–H and O–H groups in total. The zero-order chi connectivity index (χ0) is 38.4. The van der Waals surface area contributed by atoms with Gasteiger partial charge in [-0.05, 0) is 57.8 Å². The average Bonchev–Trinajstić information content (AvgIpc) is 3.16. The summed E-state index contributed by atoms with van der Waals surface area (Å²) in [6, 6.07) is 0. The van der Waals surface area contributed by atoms with Gasteiger partial charge in [0.25, 0.3) is 0 Å². The van der Waals surface area contributed by atoms with Gasteiger partial charge in [-0.3, -0.25) is 4.79 Å². The molecule has 4 heteroatoms. The third kappa shape index (κ3) is 44.1. The van der Waals surface area contributed by atoms with Crippen molar-refractivity contribution in [2.45, 2.75) is 213 Å². The van der Waals surface area contributed by atoms with Crippen LogP contribution < -0.4 is 0 Å². The van der Waals surface area contributed by atoms with Crippen LogP contribution in [0.5, 0.6) is 0 Å². The number of hydrogen-bond acceptors (Lipinski definition) is 4. The second-order valence-electron chi connectivity index (χ2n) is 14.7. The lowest BCUT2D eigenvalue weighted by atomic mass is 10.0. The van der Waals surface area contributed by atoms with Crippen molar-refractivity contribution in [3.63, 3.8) is 0 Å². The number of aliphatic hydroxyl groups excluding tert-OH is 1. The number of ether oxygens (including phenoxy) is 2. The average molecular weight is 739 g/mol. The van der Waals surface area contributed by atoms with E-state index in [0.717, 1.165) is 64.2 Å². The molecular formula is C49H86O4. The van der Waals surface area contributed by atoms with E-state index in [1.54, 1.807) is 0 Å². The van der Waals surface area contributed by atoms with Gasteiger partial charge in [-0.1, -0.05) is 215 Å². The molecule has 0 spiro atoms. The number of esters is 1. The van der Waals surface area contributed by atoms with Crippen LogP contribution in [0.2, 0.25) is 0 Å². The highest BCUT2D eigenvalue weighted by atomic mass is 16.6. The molecule has 0 aliphatic heterocycles. The Bertz CT molecular complexity index is 911. The Hall–Kier alpha value is -2.17. The van der Waals surface area contributed by atoms with Gasteiger partial charge in [0.05, 0.1) is 13.2 Å². The molecule has 0 aromatic heterocycles. The van der Waals surface area contributed by atoms with E-state index in [0.29, 0.717) is 13.0 Å². The summed E-state index contributed by atoms with van der Waals surface area (Å²) in [5.41, 5.74) is 0. The normalized spacial score (nSPS) is 13.0. The molecule has 0 saturated heterocycles. The Balaban J connectivity index is 3.51. The van der Waals surface area contributed by atoms with Crippen molar-refractivity contribution in [1.29, 1.82) is 0 Å². The molecule has 0 aliphatic carbocycles. The van der Waals surface area contributed by atoms with Gasteiger partial charge < -0.3 is 14.6 Å². The molecule has 0 fully saturated rings. The van der Waals surface area contributed by atoms with E-state index >= 15 is 0 Å². The van der Waals surface area contributed by atoms with Crippen LogP contribution in [0, 0.1) is 0 Å². The van der Waals surface area contributed by atoms with E-state index < -0.39 is 6.10 Å². The predicted octanol–water partition coefficient (Wildman–Crippen LogP) is 15.0. The maximum atomic E-state index is 12.2. The summed E-state index contributed by atoms with van der Waals surface area (Å²) < 4.78 is 11.1. The van der Waals surface area contributed by atoms with Gasteiger partial charge in [0.2, 0.25) is 0 Å². The second-order valence-corrected chi connectivity index (χ2v) is 14.7. The summed E-state index contributed by atoms with van der Waals surface area (Å²) in [7, 11) is 0. The van der Waals surface area contributed by atoms with Crippen LogP contribution in [0.3, 0.4) is 0 Å². The standard InChI is InChI=1S/C49H86O4/c1-3-5-7-9-11-13-15-17-19-21-23-25-26-28-30-32-34-36-38-40-42-44-49(51)53-48(46-50)47-52-45-43-41-39-37-35-33-31-29-27-24-22-20-18-16-14-12-10-8-6-4-2/h6,8,12,14,18,20,24,27,31,33,37,39,48,50H,3-5,7,9-11,13,15-17,19,21-23,25-26,28-30,32,34-36,38,40-47H2,1-2H3/b8-6-,14-12-,20-18-,27-24-,33-31-,39-37-. The Morgan fingerprint density at radius 1 is 0.472 bits per heavy atom. The molecule has 0 aliphatic rings. The minimum Gasteiger partial charge on any atom is -0.457 e. The lowest BCUT2D eigenvalue weighted by molar-refractivity contribution is -0.154. The number of carbonyl (C=O) groups is 1. The fourth-order valence-electron chi connectivity index (χ4n) is 6.23. The van der Waals surface area contributed by atoms with E-state index in [2.05, 4.69) is 86.8 Å². The summed E-state index contributed by atoms with van der Waals surface area (Å²) in [6.07, 6.45) is 62.7. The summed E-state index contributed by atoms with van der Waals surface area (Å²) in [5.74, 6) is -0.219. The first-order chi connectivity index (χ1) is 26.2. The van der Waals surface area contributed by atoms with Crippen LogP contribution in [0.4, 0.5) is 0 Å². The molecule has 0 radical (unpaired) electrons. The highest BCUT2D eigenvalue weighted by Gasteiger charge is 2.13. The minimum absolute atomic E-state index is 0.196. The largest absolute Gasteiger partial charge is 0.457 e. The van der Waals surface area contributed by atoms with Crippen molar-refractivity contribution >= 4 is 5.97 Å². The van der Waals surface area contributed by atoms with E-state index in [1.807, 2.05) is 0 Å². The van der Waals surface area contributed by atoms with E-state index in [9.17, 15) is 9.90 Å². The highest BCUT2D eigenvalue weighted by Crippen LogP contribution is 2.15. The van der Waals surface area contributed by atoms with Crippen LogP contribution in [0.15, 0.2) is 72.9 Å². The first-order valence-corrected chi connectivity index (χ1v) is 22.5. The fraction of sp³-hybridized carbons (Fsp3) is 0.735. The van der Waals surface area contributed by atoms with Crippen molar-refractivity contribution in [2.75, 3.05) is 19.8 Å². The lowest BCUT2D eigenvalue weighted by Crippen LogP contribution is -2.27. The molecule has 1 atom stereocenters. The maximum absolute atomic E-state index is 12.2. The molecule has 0 rings (SSSR count). The monoisotopic (exact) mass is 739 g/mol. The Labute approximate surface area is 329 Å². The molecule has 0 bridgehead atoms. The molecule has 0 heterocycles. The van der Waals surface area contributed by atoms with Crippen molar-refractivity contribution in [2.24, 2.45) is 0 Å². The van der Waals surface area contributed by atoms with Crippen LogP contribution in [-0.2, 0) is 14.3 Å². The minimum atomic E-state index is -0.566. The first-order valence-electron chi connectivity index (χ1n) is 22.5. The Kier molecular flexibility index (Phi) is 44.1. The number of rotatable bonds is 41. The van der Waals surface area contributed by atoms with Gasteiger partial charge >= 0.3 is 5.97 Å². The molecule has 4 nitrogen and oxygen atoms in total. The zero-order valence-corrected chi connectivity index (χ0v) is 35.0. The van der Waals surface area contributed by atoms with E-state index in [1.165, 1.54) is 122 Å². The van der Waals surface area contributed by atoms with E-state index in [-0.39, 0.29) is 19.2 Å². The second kappa shape index (κ2) is 46.0. The summed E-state index contributed by atoms with van der Waals surface area (Å²) >= 11 is 0. The zero-order valence-electron chi connectivity index (χ0n) is 35.0. The van der Waals surface area contributed by atoms with Crippen LogP contribution in [0.25, 0.3) is 0 Å². The molecule has 0 amide bonds. The van der Waals surface area contributed by atoms with Gasteiger partial charge in [0.15, 0.2) is 0 Å². The lowest BCUT2D eigenvalue weighted by Gasteiger charge is -2.15. The molecule has 0 aromatic carbocycles. The number of hydrogen-bond donors (Lipinski definition) is 1. The van der Waals surface area contributed by atoms with Crippen molar-refractivity contribution in [1.82, 2.24) is 0 Å². The predicted molar refractivity (Wildman–Crippen MR) is 232 cm³/mol. The van der Waals surface area contributed by atoms with E-state index in [4.69, 9.17) is 9.47 Å². The molecule has 0 saturated carbocycles. The third-order valence-electron chi connectivity index (χ3n) is 9.55. The van der Waals surface area contributed by atoms with Crippen LogP contribution in [0.1, 0.15) is 206 Å². The molecule has 1 unspecified atom stereocenters. The Morgan fingerprint density at radius 3 is 1.21 bits per heavy atom. The number of unbranched alkanes of at least 4 members (excludes halogenated alkanes) is 21. The topological polar surface area (TPSA) is 55.8 Å². The van der Waals surface area contributed by atoms with Crippen molar-refractivity contribution in [3.8, 4) is 0 Å². The fourth-order valence-corrected chi connectivity index (χ4v) is 6.23. The summed E-state index contributed by atoms with van der Waals surface area (Å²) in [6.45, 7) is 5.10. The van der Waals surface area contributed by atoms with Crippen LogP contribution >= 0.6 is 0 Å². The van der Waals surface area contributed by atoms with Crippen molar-refractivity contribution < 1.29 is 19.4 Å². The number of carbonyl (C=O) groups excluding carboxylic acids is 1.